The fourth-order valence-electron chi connectivity index (χ4n) is 2.94. The molecular formula is C17H36OSn. The molecule has 0 saturated carbocycles. The minimum atomic E-state index is -2.12. The van der Waals surface area contributed by atoms with E-state index < -0.39 is 18.4 Å². The van der Waals surface area contributed by atoms with Crippen molar-refractivity contribution in [3.8, 4) is 0 Å². The summed E-state index contributed by atoms with van der Waals surface area (Å²) < 4.78 is 11.6. The van der Waals surface area contributed by atoms with Gasteiger partial charge in [0.15, 0.2) is 0 Å². The topological polar surface area (TPSA) is 9.23 Å². The van der Waals surface area contributed by atoms with Gasteiger partial charge in [-0.3, -0.25) is 0 Å². The summed E-state index contributed by atoms with van der Waals surface area (Å²) in [6.07, 6.45) is 9.43. The number of unbranched alkanes of at least 4 members (excludes halogenated alkanes) is 3. The Balaban J connectivity index is 4.79. The van der Waals surface area contributed by atoms with E-state index >= 15 is 0 Å². The third-order valence-corrected chi connectivity index (χ3v) is 20.6. The van der Waals surface area contributed by atoms with E-state index in [1.165, 1.54) is 51.8 Å². The third kappa shape index (κ3) is 7.74. The Labute approximate surface area is 126 Å². The maximum absolute atomic E-state index is 5.29. The summed E-state index contributed by atoms with van der Waals surface area (Å²) in [6.45, 7) is 12.4. The molecule has 0 unspecified atom stereocenters. The second-order valence-corrected chi connectivity index (χ2v) is 19.5. The van der Waals surface area contributed by atoms with Crippen molar-refractivity contribution in [2.75, 3.05) is 13.7 Å². The van der Waals surface area contributed by atoms with Crippen molar-refractivity contribution in [2.24, 2.45) is 0 Å². The van der Waals surface area contributed by atoms with Crippen LogP contribution in [0.15, 0.2) is 10.2 Å². The Morgan fingerprint density at radius 3 is 1.63 bits per heavy atom. The first kappa shape index (κ1) is 19.5. The predicted octanol–water partition coefficient (Wildman–Crippen LogP) is 5.97. The molecule has 0 bridgehead atoms. The molecule has 0 aromatic heterocycles. The summed E-state index contributed by atoms with van der Waals surface area (Å²) in [7, 11) is 1.81. The molecule has 1 nitrogen and oxygen atoms in total. The summed E-state index contributed by atoms with van der Waals surface area (Å²) in [5.74, 6) is 0. The molecule has 0 aliphatic heterocycles. The van der Waals surface area contributed by atoms with Crippen LogP contribution in [-0.4, -0.2) is 32.1 Å². The van der Waals surface area contributed by atoms with Gasteiger partial charge in [-0.05, 0) is 0 Å². The van der Waals surface area contributed by atoms with Crippen molar-refractivity contribution in [1.82, 2.24) is 0 Å². The second-order valence-electron chi connectivity index (χ2n) is 5.94. The van der Waals surface area contributed by atoms with E-state index in [1.54, 1.807) is 3.59 Å². The Bertz CT molecular complexity index is 204. The van der Waals surface area contributed by atoms with Gasteiger partial charge >= 0.3 is 126 Å². The first-order valence-corrected chi connectivity index (χ1v) is 15.8. The van der Waals surface area contributed by atoms with Crippen molar-refractivity contribution in [3.63, 3.8) is 0 Å². The van der Waals surface area contributed by atoms with Crippen molar-refractivity contribution in [2.45, 2.75) is 79.0 Å². The van der Waals surface area contributed by atoms with Crippen LogP contribution in [0.2, 0.25) is 13.3 Å². The Kier molecular flexibility index (Phi) is 12.6. The van der Waals surface area contributed by atoms with E-state index in [9.17, 15) is 0 Å². The van der Waals surface area contributed by atoms with Gasteiger partial charge in [0.25, 0.3) is 0 Å². The zero-order chi connectivity index (χ0) is 14.6. The summed E-state index contributed by atoms with van der Waals surface area (Å²) in [5, 5.41) is 0. The van der Waals surface area contributed by atoms with E-state index in [2.05, 4.69) is 27.4 Å². The molecule has 19 heavy (non-hydrogen) atoms. The monoisotopic (exact) mass is 376 g/mol. The fraction of sp³-hybridized carbons (Fsp3) is 0.882. The van der Waals surface area contributed by atoms with Crippen LogP contribution in [0.5, 0.6) is 0 Å². The molecule has 0 atom stereocenters. The van der Waals surface area contributed by atoms with Crippen molar-refractivity contribution >= 4 is 18.4 Å². The molecule has 0 radical (unpaired) electrons. The standard InChI is InChI=1S/C5H9O.3C4H9.Sn/c1-3-4-5-6-2;3*1-3-4-2;/h1,4-5H2,2H3;3*1,3-4H2,2H3;. The molecule has 0 aliphatic carbocycles. The van der Waals surface area contributed by atoms with Gasteiger partial charge in [0.1, 0.15) is 0 Å². The fourth-order valence-corrected chi connectivity index (χ4v) is 18.7. The quantitative estimate of drug-likeness (QED) is 0.361. The van der Waals surface area contributed by atoms with Gasteiger partial charge in [-0.15, -0.1) is 0 Å². The van der Waals surface area contributed by atoms with Crippen molar-refractivity contribution in [1.29, 1.82) is 0 Å². The van der Waals surface area contributed by atoms with Crippen LogP contribution in [-0.2, 0) is 4.74 Å². The first-order chi connectivity index (χ1) is 9.16. The molecular weight excluding hydrogens is 339 g/mol. The Morgan fingerprint density at radius 1 is 0.895 bits per heavy atom. The van der Waals surface area contributed by atoms with Crippen LogP contribution in [0.4, 0.5) is 0 Å². The second kappa shape index (κ2) is 12.3. The average Bonchev–Trinajstić information content (AvgIpc) is 2.44. The van der Waals surface area contributed by atoms with Crippen LogP contribution >= 0.6 is 0 Å². The molecule has 2 heteroatoms. The molecule has 0 aromatic rings. The molecule has 0 N–H and O–H groups in total. The molecule has 114 valence electrons. The zero-order valence-corrected chi connectivity index (χ0v) is 16.7. The van der Waals surface area contributed by atoms with Crippen LogP contribution in [0.1, 0.15) is 65.7 Å². The molecule has 0 saturated heterocycles. The molecule has 0 aromatic carbocycles. The normalized spacial score (nSPS) is 11.8. The predicted molar refractivity (Wildman–Crippen MR) is 90.5 cm³/mol. The van der Waals surface area contributed by atoms with Crippen LogP contribution in [0, 0.1) is 0 Å². The van der Waals surface area contributed by atoms with Gasteiger partial charge < -0.3 is 0 Å². The van der Waals surface area contributed by atoms with E-state index in [0.29, 0.717) is 0 Å². The average molecular weight is 375 g/mol. The first-order valence-electron chi connectivity index (χ1n) is 8.34. The summed E-state index contributed by atoms with van der Waals surface area (Å²) >= 11 is -2.12. The molecule has 0 rings (SSSR count). The minimum absolute atomic E-state index is 0.877. The van der Waals surface area contributed by atoms with Crippen molar-refractivity contribution in [3.05, 3.63) is 10.2 Å². The van der Waals surface area contributed by atoms with Gasteiger partial charge in [0.05, 0.1) is 0 Å². The van der Waals surface area contributed by atoms with Crippen LogP contribution < -0.4 is 0 Å². The summed E-state index contributed by atoms with van der Waals surface area (Å²) in [6, 6.07) is 0. The number of hydrogen-bond donors (Lipinski definition) is 0. The number of rotatable bonds is 13. The number of ether oxygens (including phenoxy) is 1. The van der Waals surface area contributed by atoms with Crippen molar-refractivity contribution < 1.29 is 4.74 Å². The third-order valence-electron chi connectivity index (χ3n) is 4.38. The molecule has 0 heterocycles. The van der Waals surface area contributed by atoms with E-state index in [0.717, 1.165) is 13.0 Å². The van der Waals surface area contributed by atoms with Gasteiger partial charge in [-0.25, -0.2) is 0 Å². The van der Waals surface area contributed by atoms with E-state index in [1.807, 2.05) is 7.11 Å². The van der Waals surface area contributed by atoms with Gasteiger partial charge in [-0.1, -0.05) is 0 Å². The Hall–Kier alpha value is 0.499. The van der Waals surface area contributed by atoms with E-state index in [-0.39, 0.29) is 0 Å². The van der Waals surface area contributed by atoms with Gasteiger partial charge in [0.2, 0.25) is 0 Å². The molecule has 0 spiro atoms. The van der Waals surface area contributed by atoms with Crippen LogP contribution in [0.3, 0.4) is 0 Å². The van der Waals surface area contributed by atoms with Gasteiger partial charge in [-0.2, -0.15) is 0 Å². The van der Waals surface area contributed by atoms with Gasteiger partial charge in [0, 0.05) is 0 Å². The number of hydrogen-bond acceptors (Lipinski definition) is 1. The Morgan fingerprint density at radius 2 is 1.32 bits per heavy atom. The number of methoxy groups -OCH3 is 1. The molecule has 0 aliphatic rings. The molecule has 0 amide bonds. The molecule has 0 fully saturated rings. The SMILES string of the molecule is C=[C](CCOC)[Sn]([CH2]CCC)([CH2]CCC)[CH2]CCC. The summed E-state index contributed by atoms with van der Waals surface area (Å²) in [5.41, 5.74) is 0. The summed E-state index contributed by atoms with van der Waals surface area (Å²) in [4.78, 5) is 0. The maximum atomic E-state index is 5.29. The zero-order valence-electron chi connectivity index (χ0n) is 13.9. The van der Waals surface area contributed by atoms with Crippen LogP contribution in [0.25, 0.3) is 0 Å². The van der Waals surface area contributed by atoms with E-state index in [4.69, 9.17) is 4.74 Å².